The molecule has 70 valence electrons. The Morgan fingerprint density at radius 3 is 2.92 bits per heavy atom. The highest BCUT2D eigenvalue weighted by Crippen LogP contribution is 2.04. The molecule has 1 atom stereocenters. The third kappa shape index (κ3) is 2.81. The van der Waals surface area contributed by atoms with Crippen LogP contribution in [0.2, 0.25) is 0 Å². The lowest BCUT2D eigenvalue weighted by Crippen LogP contribution is -2.42. The molecular formula is C9H19N3. The van der Waals surface area contributed by atoms with Crippen molar-refractivity contribution >= 4 is 5.84 Å². The van der Waals surface area contributed by atoms with Gasteiger partial charge < -0.3 is 5.43 Å². The Morgan fingerprint density at radius 2 is 2.25 bits per heavy atom. The van der Waals surface area contributed by atoms with Gasteiger partial charge in [0.15, 0.2) is 0 Å². The van der Waals surface area contributed by atoms with E-state index >= 15 is 0 Å². The third-order valence-electron chi connectivity index (χ3n) is 2.10. The average molecular weight is 169 g/mol. The van der Waals surface area contributed by atoms with Crippen molar-refractivity contribution in [1.82, 2.24) is 10.9 Å². The smallest absolute Gasteiger partial charge is 0.113 e. The van der Waals surface area contributed by atoms with Crippen LogP contribution in [0.15, 0.2) is 4.99 Å². The van der Waals surface area contributed by atoms with Crippen molar-refractivity contribution in [2.45, 2.75) is 27.2 Å². The fourth-order valence-corrected chi connectivity index (χ4v) is 1.18. The molecule has 0 radical (unpaired) electrons. The minimum absolute atomic E-state index is 0.489. The molecule has 0 aromatic heterocycles. The highest BCUT2D eigenvalue weighted by atomic mass is 15.4. The maximum atomic E-state index is 4.51. The van der Waals surface area contributed by atoms with Gasteiger partial charge >= 0.3 is 0 Å². The van der Waals surface area contributed by atoms with Gasteiger partial charge in [0.2, 0.25) is 0 Å². The zero-order chi connectivity index (χ0) is 8.97. The van der Waals surface area contributed by atoms with E-state index in [1.165, 1.54) is 6.42 Å². The van der Waals surface area contributed by atoms with Crippen LogP contribution in [0.25, 0.3) is 0 Å². The molecule has 3 nitrogen and oxygen atoms in total. The number of rotatable bonds is 1. The van der Waals surface area contributed by atoms with Gasteiger partial charge in [-0.1, -0.05) is 20.8 Å². The molecule has 1 rings (SSSR count). The Hall–Kier alpha value is -0.570. The van der Waals surface area contributed by atoms with E-state index in [4.69, 9.17) is 0 Å². The maximum Gasteiger partial charge on any atom is 0.113 e. The predicted molar refractivity (Wildman–Crippen MR) is 52.1 cm³/mol. The minimum atomic E-state index is 0.489. The van der Waals surface area contributed by atoms with E-state index in [-0.39, 0.29) is 0 Å². The summed E-state index contributed by atoms with van der Waals surface area (Å²) in [6, 6.07) is 0. The first-order valence-corrected chi connectivity index (χ1v) is 4.73. The van der Waals surface area contributed by atoms with E-state index in [1.54, 1.807) is 0 Å². The normalized spacial score (nSPS) is 25.7. The van der Waals surface area contributed by atoms with Gasteiger partial charge in [0.25, 0.3) is 0 Å². The van der Waals surface area contributed by atoms with Crippen molar-refractivity contribution in [3.63, 3.8) is 0 Å². The van der Waals surface area contributed by atoms with Gasteiger partial charge in [0, 0.05) is 19.0 Å². The maximum absolute atomic E-state index is 4.51. The summed E-state index contributed by atoms with van der Waals surface area (Å²) in [6.45, 7) is 8.54. The van der Waals surface area contributed by atoms with E-state index in [1.807, 2.05) is 0 Å². The van der Waals surface area contributed by atoms with Gasteiger partial charge in [-0.3, -0.25) is 4.99 Å². The number of nitrogens with one attached hydrogen (secondary N) is 2. The van der Waals surface area contributed by atoms with Crippen LogP contribution < -0.4 is 10.9 Å². The van der Waals surface area contributed by atoms with E-state index in [0.29, 0.717) is 11.8 Å². The summed E-state index contributed by atoms with van der Waals surface area (Å²) in [7, 11) is 0. The van der Waals surface area contributed by atoms with Gasteiger partial charge in [-0.15, -0.1) is 0 Å². The highest BCUT2D eigenvalue weighted by Gasteiger charge is 2.09. The van der Waals surface area contributed by atoms with Crippen LogP contribution in [0.3, 0.4) is 0 Å². The van der Waals surface area contributed by atoms with E-state index in [0.717, 1.165) is 18.9 Å². The number of aliphatic imine (C=N–C) groups is 1. The number of hydrogen-bond acceptors (Lipinski definition) is 3. The van der Waals surface area contributed by atoms with Crippen molar-refractivity contribution in [3.05, 3.63) is 0 Å². The first-order chi connectivity index (χ1) is 5.70. The molecule has 1 aliphatic heterocycles. The first-order valence-electron chi connectivity index (χ1n) is 4.73. The van der Waals surface area contributed by atoms with Crippen LogP contribution in [-0.4, -0.2) is 18.9 Å². The molecule has 2 N–H and O–H groups in total. The summed E-state index contributed by atoms with van der Waals surface area (Å²) in [5, 5.41) is 0. The molecule has 12 heavy (non-hydrogen) atoms. The van der Waals surface area contributed by atoms with Gasteiger partial charge in [0.1, 0.15) is 5.84 Å². The number of amidine groups is 1. The Kier molecular flexibility index (Phi) is 3.53. The van der Waals surface area contributed by atoms with Crippen molar-refractivity contribution in [3.8, 4) is 0 Å². The quantitative estimate of drug-likeness (QED) is 0.618. The molecule has 0 saturated carbocycles. The van der Waals surface area contributed by atoms with Crippen LogP contribution in [0.5, 0.6) is 0 Å². The number of hydrazine groups is 1. The van der Waals surface area contributed by atoms with E-state index < -0.39 is 0 Å². The summed E-state index contributed by atoms with van der Waals surface area (Å²) in [5.41, 5.74) is 6.31. The zero-order valence-electron chi connectivity index (χ0n) is 8.22. The Morgan fingerprint density at radius 1 is 1.50 bits per heavy atom. The topological polar surface area (TPSA) is 36.4 Å². The molecule has 0 aromatic carbocycles. The molecule has 0 bridgehead atoms. The lowest BCUT2D eigenvalue weighted by Gasteiger charge is -2.19. The fraction of sp³-hybridized carbons (Fsp3) is 0.889. The summed E-state index contributed by atoms with van der Waals surface area (Å²) in [6.07, 6.45) is 1.20. The summed E-state index contributed by atoms with van der Waals surface area (Å²) >= 11 is 0. The lowest BCUT2D eigenvalue weighted by molar-refractivity contribution is 0.476. The van der Waals surface area contributed by atoms with Crippen LogP contribution in [-0.2, 0) is 0 Å². The number of nitrogens with zero attached hydrogens (tertiary/aromatic N) is 1. The molecule has 1 heterocycles. The van der Waals surface area contributed by atoms with E-state index in [9.17, 15) is 0 Å². The van der Waals surface area contributed by atoms with Crippen molar-refractivity contribution in [2.24, 2.45) is 16.8 Å². The molecule has 1 aliphatic rings. The summed E-state index contributed by atoms with van der Waals surface area (Å²) in [4.78, 5) is 4.51. The van der Waals surface area contributed by atoms with Crippen molar-refractivity contribution < 1.29 is 0 Å². The number of hydrogen-bond donors (Lipinski definition) is 2. The molecule has 0 aliphatic carbocycles. The van der Waals surface area contributed by atoms with Crippen LogP contribution >= 0.6 is 0 Å². The van der Waals surface area contributed by atoms with Crippen LogP contribution in [0.1, 0.15) is 27.2 Å². The lowest BCUT2D eigenvalue weighted by atomic mass is 10.1. The monoisotopic (exact) mass is 169 g/mol. The SMILES string of the molecule is CC1CCNNC(C(C)C)=NC1. The second kappa shape index (κ2) is 4.45. The Bertz CT molecular complexity index is 163. The van der Waals surface area contributed by atoms with Crippen molar-refractivity contribution in [1.29, 1.82) is 0 Å². The van der Waals surface area contributed by atoms with Crippen molar-refractivity contribution in [2.75, 3.05) is 13.1 Å². The molecule has 1 unspecified atom stereocenters. The second-order valence-corrected chi connectivity index (χ2v) is 3.83. The largest absolute Gasteiger partial charge is 0.309 e. The standard InChI is InChI=1S/C9H19N3/c1-7(2)9-10-6-8(3)4-5-11-12-9/h7-8,11H,4-6H2,1-3H3,(H,10,12). The summed E-state index contributed by atoms with van der Waals surface area (Å²) in [5.74, 6) is 2.28. The molecule has 0 aromatic rings. The molecule has 0 amide bonds. The van der Waals surface area contributed by atoms with Gasteiger partial charge in [-0.2, -0.15) is 0 Å². The summed E-state index contributed by atoms with van der Waals surface area (Å²) < 4.78 is 0. The van der Waals surface area contributed by atoms with Gasteiger partial charge in [-0.25, -0.2) is 5.43 Å². The second-order valence-electron chi connectivity index (χ2n) is 3.83. The molecule has 0 fully saturated rings. The molecule has 0 saturated heterocycles. The molecular weight excluding hydrogens is 150 g/mol. The average Bonchev–Trinajstić information content (AvgIpc) is 1.97. The molecule has 0 spiro atoms. The fourth-order valence-electron chi connectivity index (χ4n) is 1.18. The Balaban J connectivity index is 2.53. The predicted octanol–water partition coefficient (Wildman–Crippen LogP) is 1.17. The van der Waals surface area contributed by atoms with Crippen LogP contribution in [0, 0.1) is 11.8 Å². The zero-order valence-corrected chi connectivity index (χ0v) is 8.22. The Labute approximate surface area is 74.6 Å². The van der Waals surface area contributed by atoms with E-state index in [2.05, 4.69) is 36.6 Å². The third-order valence-corrected chi connectivity index (χ3v) is 2.10. The minimum Gasteiger partial charge on any atom is -0.309 e. The van der Waals surface area contributed by atoms with Gasteiger partial charge in [-0.05, 0) is 12.3 Å². The first kappa shape index (κ1) is 9.52. The highest BCUT2D eigenvalue weighted by molar-refractivity contribution is 5.83. The van der Waals surface area contributed by atoms with Crippen LogP contribution in [0.4, 0.5) is 0 Å². The van der Waals surface area contributed by atoms with Gasteiger partial charge in [0.05, 0.1) is 0 Å². The molecule has 3 heteroatoms.